The Balaban J connectivity index is 2.19. The van der Waals surface area contributed by atoms with E-state index in [9.17, 15) is 5.26 Å². The summed E-state index contributed by atoms with van der Waals surface area (Å²) < 4.78 is 5.15. The first-order valence-corrected chi connectivity index (χ1v) is 7.74. The van der Waals surface area contributed by atoms with Crippen molar-refractivity contribution in [2.45, 2.75) is 32.1 Å². The van der Waals surface area contributed by atoms with Crippen molar-refractivity contribution in [3.05, 3.63) is 64.2 Å². The summed E-state index contributed by atoms with van der Waals surface area (Å²) >= 11 is 6.15. The van der Waals surface area contributed by atoms with Crippen molar-refractivity contribution in [1.82, 2.24) is 0 Å². The highest BCUT2D eigenvalue weighted by Crippen LogP contribution is 2.28. The number of ether oxygens (including phenoxy) is 1. The third-order valence-electron chi connectivity index (χ3n) is 3.82. The van der Waals surface area contributed by atoms with Gasteiger partial charge < -0.3 is 4.74 Å². The van der Waals surface area contributed by atoms with Crippen molar-refractivity contribution in [3.63, 3.8) is 0 Å². The van der Waals surface area contributed by atoms with Gasteiger partial charge in [-0.25, -0.2) is 0 Å². The predicted octanol–water partition coefficient (Wildman–Crippen LogP) is 5.32. The summed E-state index contributed by atoms with van der Waals surface area (Å²) in [6.45, 7) is 4.33. The number of hydrogen-bond donors (Lipinski definition) is 0. The molecule has 3 heteroatoms. The van der Waals surface area contributed by atoms with Crippen LogP contribution in [0.1, 0.15) is 42.4 Å². The smallest absolute Gasteiger partial charge is 0.137 e. The highest BCUT2D eigenvalue weighted by atomic mass is 35.5. The summed E-state index contributed by atoms with van der Waals surface area (Å²) in [6.07, 6.45) is 0.640. The first-order valence-electron chi connectivity index (χ1n) is 7.37. The fourth-order valence-corrected chi connectivity index (χ4v) is 2.70. The standard InChI is InChI=1S/C19H20ClNO/c1-13(2)15-5-7-16(8-6-15)17(12-21)10-14-4-9-19(22-3)18(20)11-14/h4-9,11,13,17H,10H2,1-3H3. The number of nitriles is 1. The van der Waals surface area contributed by atoms with Crippen molar-refractivity contribution in [3.8, 4) is 11.8 Å². The first kappa shape index (κ1) is 16.4. The maximum Gasteiger partial charge on any atom is 0.137 e. The molecule has 0 aromatic heterocycles. The monoisotopic (exact) mass is 313 g/mol. The number of benzene rings is 2. The zero-order valence-corrected chi connectivity index (χ0v) is 13.9. The van der Waals surface area contributed by atoms with Gasteiger partial charge in [0.1, 0.15) is 5.75 Å². The Hall–Kier alpha value is -1.98. The second-order valence-electron chi connectivity index (χ2n) is 5.68. The molecule has 0 heterocycles. The van der Waals surface area contributed by atoms with Crippen molar-refractivity contribution in [2.24, 2.45) is 0 Å². The predicted molar refractivity (Wildman–Crippen MR) is 90.6 cm³/mol. The molecular formula is C19H20ClNO. The molecule has 2 rings (SSSR count). The van der Waals surface area contributed by atoms with Crippen LogP contribution in [0.15, 0.2) is 42.5 Å². The minimum Gasteiger partial charge on any atom is -0.495 e. The van der Waals surface area contributed by atoms with Gasteiger partial charge in [-0.15, -0.1) is 0 Å². The van der Waals surface area contributed by atoms with E-state index >= 15 is 0 Å². The van der Waals surface area contributed by atoms with Gasteiger partial charge in [0.25, 0.3) is 0 Å². The lowest BCUT2D eigenvalue weighted by atomic mass is 9.91. The number of rotatable bonds is 5. The fourth-order valence-electron chi connectivity index (χ4n) is 2.42. The van der Waals surface area contributed by atoms with E-state index < -0.39 is 0 Å². The molecule has 0 aliphatic heterocycles. The molecule has 0 aliphatic rings. The zero-order chi connectivity index (χ0) is 16.1. The Morgan fingerprint density at radius 3 is 2.23 bits per heavy atom. The van der Waals surface area contributed by atoms with Crippen LogP contribution in [0, 0.1) is 11.3 Å². The molecule has 0 radical (unpaired) electrons. The largest absolute Gasteiger partial charge is 0.495 e. The molecule has 22 heavy (non-hydrogen) atoms. The van der Waals surface area contributed by atoms with E-state index in [1.807, 2.05) is 30.3 Å². The Kier molecular flexibility index (Phi) is 5.46. The zero-order valence-electron chi connectivity index (χ0n) is 13.1. The van der Waals surface area contributed by atoms with Gasteiger partial charge in [0.15, 0.2) is 0 Å². The molecular weight excluding hydrogens is 294 g/mol. The number of hydrogen-bond acceptors (Lipinski definition) is 2. The van der Waals surface area contributed by atoms with E-state index in [0.717, 1.165) is 11.1 Å². The molecule has 0 saturated carbocycles. The van der Waals surface area contributed by atoms with Gasteiger partial charge in [-0.05, 0) is 41.2 Å². The lowest BCUT2D eigenvalue weighted by molar-refractivity contribution is 0.415. The molecule has 0 amide bonds. The van der Waals surface area contributed by atoms with Crippen LogP contribution in [0.25, 0.3) is 0 Å². The van der Waals surface area contributed by atoms with Crippen molar-refractivity contribution in [1.29, 1.82) is 5.26 Å². The molecule has 114 valence electrons. The lowest BCUT2D eigenvalue weighted by Gasteiger charge is -2.13. The topological polar surface area (TPSA) is 33.0 Å². The first-order chi connectivity index (χ1) is 10.5. The average molecular weight is 314 g/mol. The second kappa shape index (κ2) is 7.33. The van der Waals surface area contributed by atoms with E-state index in [4.69, 9.17) is 16.3 Å². The van der Waals surface area contributed by atoms with Crippen LogP contribution in [0.4, 0.5) is 0 Å². The maximum absolute atomic E-state index is 9.48. The SMILES string of the molecule is COc1ccc(CC(C#N)c2ccc(C(C)C)cc2)cc1Cl. The van der Waals surface area contributed by atoms with E-state index in [-0.39, 0.29) is 5.92 Å². The van der Waals surface area contributed by atoms with Crippen LogP contribution < -0.4 is 4.74 Å². The van der Waals surface area contributed by atoms with Gasteiger partial charge >= 0.3 is 0 Å². The van der Waals surface area contributed by atoms with Crippen LogP contribution in [0.2, 0.25) is 5.02 Å². The quantitative estimate of drug-likeness (QED) is 0.748. The van der Waals surface area contributed by atoms with Crippen LogP contribution in [0.5, 0.6) is 5.75 Å². The summed E-state index contributed by atoms with van der Waals surface area (Å²) in [5, 5.41) is 10.1. The molecule has 2 nitrogen and oxygen atoms in total. The van der Waals surface area contributed by atoms with Gasteiger partial charge in [-0.2, -0.15) is 5.26 Å². The molecule has 2 aromatic rings. The third kappa shape index (κ3) is 3.81. The molecule has 0 spiro atoms. The van der Waals surface area contributed by atoms with E-state index in [1.54, 1.807) is 7.11 Å². The number of methoxy groups -OCH3 is 1. The highest BCUT2D eigenvalue weighted by Gasteiger charge is 2.13. The van der Waals surface area contributed by atoms with E-state index in [2.05, 4.69) is 32.0 Å². The van der Waals surface area contributed by atoms with Gasteiger partial charge in [0.2, 0.25) is 0 Å². The normalized spacial score (nSPS) is 12.0. The number of halogens is 1. The summed E-state index contributed by atoms with van der Waals surface area (Å²) in [5.41, 5.74) is 3.36. The Labute approximate surface area is 137 Å². The van der Waals surface area contributed by atoms with Crippen LogP contribution in [0.3, 0.4) is 0 Å². The molecule has 0 fully saturated rings. The Bertz CT molecular complexity index is 671. The maximum atomic E-state index is 9.48. The van der Waals surface area contributed by atoms with Gasteiger partial charge in [-0.1, -0.05) is 55.8 Å². The van der Waals surface area contributed by atoms with Crippen LogP contribution in [-0.4, -0.2) is 7.11 Å². The fraction of sp³-hybridized carbons (Fsp3) is 0.316. The molecule has 0 N–H and O–H groups in total. The van der Waals surface area contributed by atoms with E-state index in [0.29, 0.717) is 23.1 Å². The molecule has 2 aromatic carbocycles. The molecule has 1 atom stereocenters. The second-order valence-corrected chi connectivity index (χ2v) is 6.08. The minimum atomic E-state index is -0.175. The van der Waals surface area contributed by atoms with Crippen molar-refractivity contribution in [2.75, 3.05) is 7.11 Å². The summed E-state index contributed by atoms with van der Waals surface area (Å²) in [6, 6.07) is 16.4. The number of nitrogens with zero attached hydrogens (tertiary/aromatic N) is 1. The molecule has 1 unspecified atom stereocenters. The Morgan fingerprint density at radius 2 is 1.73 bits per heavy atom. The summed E-state index contributed by atoms with van der Waals surface area (Å²) in [4.78, 5) is 0. The molecule has 0 aliphatic carbocycles. The van der Waals surface area contributed by atoms with Gasteiger partial charge in [0, 0.05) is 0 Å². The van der Waals surface area contributed by atoms with Crippen LogP contribution >= 0.6 is 11.6 Å². The van der Waals surface area contributed by atoms with Crippen LogP contribution in [-0.2, 0) is 6.42 Å². The summed E-state index contributed by atoms with van der Waals surface area (Å²) in [5.74, 6) is 0.973. The van der Waals surface area contributed by atoms with E-state index in [1.165, 1.54) is 5.56 Å². The summed E-state index contributed by atoms with van der Waals surface area (Å²) in [7, 11) is 1.59. The molecule has 0 saturated heterocycles. The van der Waals surface area contributed by atoms with Crippen molar-refractivity contribution >= 4 is 11.6 Å². The minimum absolute atomic E-state index is 0.175. The molecule has 0 bridgehead atoms. The van der Waals surface area contributed by atoms with Crippen molar-refractivity contribution < 1.29 is 4.74 Å². The average Bonchev–Trinajstić information content (AvgIpc) is 2.53. The Morgan fingerprint density at radius 1 is 1.09 bits per heavy atom. The van der Waals surface area contributed by atoms with Gasteiger partial charge in [-0.3, -0.25) is 0 Å². The van der Waals surface area contributed by atoms with Gasteiger partial charge in [0.05, 0.1) is 24.1 Å². The highest BCUT2D eigenvalue weighted by molar-refractivity contribution is 6.32. The lowest BCUT2D eigenvalue weighted by Crippen LogP contribution is -2.01. The third-order valence-corrected chi connectivity index (χ3v) is 4.11.